The molecule has 0 atom stereocenters. The molecule has 1 aromatic heterocycles. The van der Waals surface area contributed by atoms with Gasteiger partial charge in [-0.3, -0.25) is 4.98 Å². The Labute approximate surface area is 140 Å². The Balaban J connectivity index is 1.37. The van der Waals surface area contributed by atoms with Crippen LogP contribution in [0.4, 0.5) is 10.5 Å². The molecule has 0 radical (unpaired) electrons. The largest absolute Gasteiger partial charge is 0.445 e. The highest BCUT2D eigenvalue weighted by atomic mass is 35.5. The van der Waals surface area contributed by atoms with Crippen LogP contribution in [0, 0.1) is 0 Å². The molecule has 120 valence electrons. The number of halogens is 1. The van der Waals surface area contributed by atoms with E-state index in [4.69, 9.17) is 16.3 Å². The van der Waals surface area contributed by atoms with Crippen molar-refractivity contribution in [3.8, 4) is 0 Å². The zero-order chi connectivity index (χ0) is 16.1. The molecule has 2 aromatic rings. The van der Waals surface area contributed by atoms with Crippen LogP contribution in [-0.4, -0.2) is 23.2 Å². The van der Waals surface area contributed by atoms with Crippen molar-refractivity contribution in [2.45, 2.75) is 31.5 Å². The second-order valence-electron chi connectivity index (χ2n) is 5.57. The van der Waals surface area contributed by atoms with Crippen LogP contribution in [0.3, 0.4) is 0 Å². The van der Waals surface area contributed by atoms with Crippen LogP contribution in [0.25, 0.3) is 0 Å². The van der Waals surface area contributed by atoms with E-state index >= 15 is 0 Å². The standard InChI is InChI=1S/C17H18ClN3O2/c18-15-6-7-19-10-16(15)20-13-8-14(9-13)21-17(22)23-11-12-4-2-1-3-5-12/h1-7,10,13-14,20H,8-9,11H2,(H,21,22). The maximum absolute atomic E-state index is 11.8. The molecule has 1 aliphatic carbocycles. The van der Waals surface area contributed by atoms with Gasteiger partial charge in [0, 0.05) is 18.3 Å². The summed E-state index contributed by atoms with van der Waals surface area (Å²) in [7, 11) is 0. The number of aromatic nitrogens is 1. The second kappa shape index (κ2) is 7.33. The molecule has 23 heavy (non-hydrogen) atoms. The van der Waals surface area contributed by atoms with Gasteiger partial charge in [0.1, 0.15) is 6.61 Å². The maximum atomic E-state index is 11.8. The van der Waals surface area contributed by atoms with Crippen LogP contribution in [0.2, 0.25) is 5.02 Å². The zero-order valence-corrected chi connectivity index (χ0v) is 13.3. The molecule has 1 aliphatic rings. The number of carbonyl (C=O) groups is 1. The predicted octanol–water partition coefficient (Wildman–Crippen LogP) is 3.60. The SMILES string of the molecule is O=C(NC1CC(Nc2cnccc2Cl)C1)OCc1ccccc1. The van der Waals surface area contributed by atoms with Gasteiger partial charge in [-0.1, -0.05) is 41.9 Å². The average Bonchev–Trinajstić information content (AvgIpc) is 2.54. The third-order valence-electron chi connectivity index (χ3n) is 3.80. The lowest BCUT2D eigenvalue weighted by molar-refractivity contribution is 0.129. The minimum atomic E-state index is -0.378. The number of anilines is 1. The lowest BCUT2D eigenvalue weighted by Gasteiger charge is -2.36. The number of nitrogens with zero attached hydrogens (tertiary/aromatic N) is 1. The number of pyridine rings is 1. The normalized spacial score (nSPS) is 19.5. The van der Waals surface area contributed by atoms with Crippen molar-refractivity contribution in [1.82, 2.24) is 10.3 Å². The molecule has 0 aliphatic heterocycles. The Kier molecular flexibility index (Phi) is 4.98. The van der Waals surface area contributed by atoms with Crippen LogP contribution in [0.15, 0.2) is 48.8 Å². The molecule has 0 spiro atoms. The van der Waals surface area contributed by atoms with Gasteiger partial charge < -0.3 is 15.4 Å². The van der Waals surface area contributed by atoms with Gasteiger partial charge in [-0.25, -0.2) is 4.79 Å². The minimum absolute atomic E-state index is 0.131. The number of nitrogens with one attached hydrogen (secondary N) is 2. The van der Waals surface area contributed by atoms with E-state index in [1.54, 1.807) is 18.5 Å². The quantitative estimate of drug-likeness (QED) is 0.878. The maximum Gasteiger partial charge on any atom is 0.407 e. The Bertz CT molecular complexity index is 660. The Morgan fingerprint density at radius 2 is 2.00 bits per heavy atom. The Morgan fingerprint density at radius 3 is 2.74 bits per heavy atom. The number of alkyl carbamates (subject to hydrolysis) is 1. The minimum Gasteiger partial charge on any atom is -0.445 e. The van der Waals surface area contributed by atoms with Gasteiger partial charge in [-0.05, 0) is 24.5 Å². The van der Waals surface area contributed by atoms with E-state index in [-0.39, 0.29) is 24.8 Å². The van der Waals surface area contributed by atoms with E-state index < -0.39 is 0 Å². The fourth-order valence-electron chi connectivity index (χ4n) is 2.49. The van der Waals surface area contributed by atoms with Crippen LogP contribution in [0.5, 0.6) is 0 Å². The van der Waals surface area contributed by atoms with E-state index in [2.05, 4.69) is 15.6 Å². The van der Waals surface area contributed by atoms with Crippen molar-refractivity contribution in [2.24, 2.45) is 0 Å². The number of hydrogen-bond acceptors (Lipinski definition) is 4. The molecular formula is C17H18ClN3O2. The van der Waals surface area contributed by atoms with E-state index in [0.29, 0.717) is 5.02 Å². The topological polar surface area (TPSA) is 63.2 Å². The molecule has 2 N–H and O–H groups in total. The summed E-state index contributed by atoms with van der Waals surface area (Å²) in [6, 6.07) is 11.8. The first-order chi connectivity index (χ1) is 11.2. The van der Waals surface area contributed by atoms with E-state index in [0.717, 1.165) is 24.1 Å². The van der Waals surface area contributed by atoms with Crippen LogP contribution >= 0.6 is 11.6 Å². The van der Waals surface area contributed by atoms with Gasteiger partial charge in [-0.15, -0.1) is 0 Å². The van der Waals surface area contributed by atoms with Gasteiger partial charge >= 0.3 is 6.09 Å². The van der Waals surface area contributed by atoms with Gasteiger partial charge in [0.15, 0.2) is 0 Å². The van der Waals surface area contributed by atoms with E-state index in [1.165, 1.54) is 0 Å². The second-order valence-corrected chi connectivity index (χ2v) is 5.98. The highest BCUT2D eigenvalue weighted by molar-refractivity contribution is 6.33. The van der Waals surface area contributed by atoms with E-state index in [9.17, 15) is 4.79 Å². The summed E-state index contributed by atoms with van der Waals surface area (Å²) in [5.74, 6) is 0. The number of amides is 1. The summed E-state index contributed by atoms with van der Waals surface area (Å²) in [6.07, 6.45) is 4.66. The summed E-state index contributed by atoms with van der Waals surface area (Å²) in [6.45, 7) is 0.284. The summed E-state index contributed by atoms with van der Waals surface area (Å²) < 4.78 is 5.21. The molecular weight excluding hydrogens is 314 g/mol. The van der Waals surface area contributed by atoms with Crippen molar-refractivity contribution in [1.29, 1.82) is 0 Å². The highest BCUT2D eigenvalue weighted by Gasteiger charge is 2.31. The molecule has 0 saturated heterocycles. The fraction of sp³-hybridized carbons (Fsp3) is 0.294. The number of carbonyl (C=O) groups excluding carboxylic acids is 1. The Hall–Kier alpha value is -2.27. The van der Waals surface area contributed by atoms with Crippen LogP contribution in [0.1, 0.15) is 18.4 Å². The third-order valence-corrected chi connectivity index (χ3v) is 4.13. The summed E-state index contributed by atoms with van der Waals surface area (Å²) >= 11 is 6.08. The highest BCUT2D eigenvalue weighted by Crippen LogP contribution is 2.27. The first kappa shape index (κ1) is 15.6. The summed E-state index contributed by atoms with van der Waals surface area (Å²) in [4.78, 5) is 15.8. The monoisotopic (exact) mass is 331 g/mol. The summed E-state index contributed by atoms with van der Waals surface area (Å²) in [5.41, 5.74) is 1.80. The van der Waals surface area contributed by atoms with Crippen LogP contribution < -0.4 is 10.6 Å². The predicted molar refractivity (Wildman–Crippen MR) is 89.4 cm³/mol. The van der Waals surface area contributed by atoms with Crippen LogP contribution in [-0.2, 0) is 11.3 Å². The lowest BCUT2D eigenvalue weighted by atomic mass is 9.87. The van der Waals surface area contributed by atoms with Gasteiger partial charge in [0.2, 0.25) is 0 Å². The van der Waals surface area contributed by atoms with Gasteiger partial charge in [0.05, 0.1) is 16.9 Å². The zero-order valence-electron chi connectivity index (χ0n) is 12.5. The number of hydrogen-bond donors (Lipinski definition) is 2. The van der Waals surface area contributed by atoms with Crippen molar-refractivity contribution in [2.75, 3.05) is 5.32 Å². The first-order valence-corrected chi connectivity index (χ1v) is 7.92. The number of rotatable bonds is 5. The van der Waals surface area contributed by atoms with Crippen molar-refractivity contribution in [3.05, 3.63) is 59.4 Å². The molecule has 1 amide bonds. The molecule has 1 heterocycles. The van der Waals surface area contributed by atoms with Crippen molar-refractivity contribution >= 4 is 23.4 Å². The number of ether oxygens (including phenoxy) is 1. The molecule has 1 fully saturated rings. The van der Waals surface area contributed by atoms with Crippen molar-refractivity contribution < 1.29 is 9.53 Å². The average molecular weight is 332 g/mol. The number of benzene rings is 1. The smallest absolute Gasteiger partial charge is 0.407 e. The molecule has 3 rings (SSSR count). The van der Waals surface area contributed by atoms with Gasteiger partial charge in [0.25, 0.3) is 0 Å². The van der Waals surface area contributed by atoms with E-state index in [1.807, 2.05) is 30.3 Å². The Morgan fingerprint density at radius 1 is 1.22 bits per heavy atom. The van der Waals surface area contributed by atoms with Gasteiger partial charge in [-0.2, -0.15) is 0 Å². The summed E-state index contributed by atoms with van der Waals surface area (Å²) in [5, 5.41) is 6.84. The third kappa shape index (κ3) is 4.36. The molecule has 1 saturated carbocycles. The molecule has 6 heteroatoms. The van der Waals surface area contributed by atoms with Crippen molar-refractivity contribution in [3.63, 3.8) is 0 Å². The molecule has 5 nitrogen and oxygen atoms in total. The lowest BCUT2D eigenvalue weighted by Crippen LogP contribution is -2.49. The molecule has 0 unspecified atom stereocenters. The first-order valence-electron chi connectivity index (χ1n) is 7.54. The molecule has 0 bridgehead atoms. The molecule has 1 aromatic carbocycles. The fourth-order valence-corrected chi connectivity index (χ4v) is 2.65.